The minimum absolute atomic E-state index is 0.0247. The predicted molar refractivity (Wildman–Crippen MR) is 120 cm³/mol. The van der Waals surface area contributed by atoms with Crippen LogP contribution in [-0.2, 0) is 11.8 Å². The molecule has 0 aliphatic rings. The van der Waals surface area contributed by atoms with Gasteiger partial charge in [0.1, 0.15) is 0 Å². The lowest BCUT2D eigenvalue weighted by molar-refractivity contribution is -0.629. The molecule has 0 amide bonds. The third-order valence-electron chi connectivity index (χ3n) is 6.17. The van der Waals surface area contributed by atoms with E-state index in [9.17, 15) is 54.6 Å². The molecule has 3 rings (SSSR count). The van der Waals surface area contributed by atoms with Crippen molar-refractivity contribution in [3.63, 3.8) is 0 Å². The number of benzene rings is 2. The molecule has 0 aliphatic heterocycles. The van der Waals surface area contributed by atoms with Crippen LogP contribution in [0.15, 0.2) is 60.8 Å². The van der Waals surface area contributed by atoms with Crippen LogP contribution in [0.5, 0.6) is 0 Å². The largest absolute Gasteiger partial charge is 0.618 e. The van der Waals surface area contributed by atoms with Crippen molar-refractivity contribution in [2.45, 2.75) is 50.3 Å². The van der Waals surface area contributed by atoms with Crippen molar-refractivity contribution in [1.82, 2.24) is 0 Å². The summed E-state index contributed by atoms with van der Waals surface area (Å²) in [6, 6.07) is 9.14. The van der Waals surface area contributed by atoms with Crippen molar-refractivity contribution in [2.75, 3.05) is 0 Å². The maximum absolute atomic E-state index is 13.6. The number of Topliss-reactive ketones (excluding diaryl/α,β-unsaturated/α-hetero) is 1. The van der Waals surface area contributed by atoms with Gasteiger partial charge in [0.2, 0.25) is 0 Å². The number of aliphatic hydroxyl groups is 1. The highest BCUT2D eigenvalue weighted by Crippen LogP contribution is 2.51. The molecule has 0 spiro atoms. The third kappa shape index (κ3) is 6.02. The van der Waals surface area contributed by atoms with Gasteiger partial charge in [-0.15, -0.1) is 0 Å². The van der Waals surface area contributed by atoms with E-state index in [1.54, 1.807) is 6.92 Å². The number of nitrogens with zero attached hydrogens (tertiary/aromatic N) is 1. The molecular formula is C26H20F9NO3. The van der Waals surface area contributed by atoms with Crippen molar-refractivity contribution in [3.05, 3.63) is 93.9 Å². The van der Waals surface area contributed by atoms with E-state index in [0.717, 1.165) is 17.7 Å². The van der Waals surface area contributed by atoms with E-state index in [0.29, 0.717) is 18.3 Å². The summed E-state index contributed by atoms with van der Waals surface area (Å²) in [5, 5.41) is 21.8. The van der Waals surface area contributed by atoms with Crippen LogP contribution < -0.4 is 4.73 Å². The fraction of sp³-hybridized carbons (Fsp3) is 0.308. The summed E-state index contributed by atoms with van der Waals surface area (Å²) in [6.45, 7) is 3.03. The molecule has 0 aliphatic carbocycles. The molecule has 0 fully saturated rings. The van der Waals surface area contributed by atoms with E-state index in [4.69, 9.17) is 0 Å². The van der Waals surface area contributed by atoms with Crippen LogP contribution in [0.4, 0.5) is 39.5 Å². The lowest BCUT2D eigenvalue weighted by Crippen LogP contribution is -2.54. The predicted octanol–water partition coefficient (Wildman–Crippen LogP) is 7.00. The van der Waals surface area contributed by atoms with Crippen molar-refractivity contribution < 1.29 is 54.1 Å². The molecule has 1 aromatic heterocycles. The molecule has 1 atom stereocenters. The first-order chi connectivity index (χ1) is 17.8. The van der Waals surface area contributed by atoms with Crippen LogP contribution in [0.25, 0.3) is 11.1 Å². The van der Waals surface area contributed by atoms with Crippen molar-refractivity contribution in [3.8, 4) is 11.1 Å². The topological polar surface area (TPSA) is 64.2 Å². The first-order valence-corrected chi connectivity index (χ1v) is 11.2. The second-order valence-electron chi connectivity index (χ2n) is 9.07. The van der Waals surface area contributed by atoms with E-state index in [-0.39, 0.29) is 22.8 Å². The zero-order valence-corrected chi connectivity index (χ0v) is 20.2. The molecule has 1 heterocycles. The monoisotopic (exact) mass is 565 g/mol. The number of aromatic nitrogens is 1. The smallest absolute Gasteiger partial charge is 0.478 e. The Hall–Kier alpha value is -3.61. The number of ketones is 1. The number of alkyl halides is 9. The SMILES string of the molecule is Cc1ccc(-c2cc(C(=O)C[C@H](C)c3ccc(C(F)(F)F)[n+]([O-])c3)cc(C(O)(C(F)(F)F)C(F)(F)F)c2)cc1. The zero-order valence-electron chi connectivity index (χ0n) is 20.2. The van der Waals surface area contributed by atoms with Gasteiger partial charge in [0.25, 0.3) is 11.3 Å². The summed E-state index contributed by atoms with van der Waals surface area (Å²) in [4.78, 5) is 13.0. The average Bonchev–Trinajstić information content (AvgIpc) is 2.81. The molecule has 0 bridgehead atoms. The summed E-state index contributed by atoms with van der Waals surface area (Å²) in [7, 11) is 0. The second kappa shape index (κ2) is 10.2. The van der Waals surface area contributed by atoms with Gasteiger partial charge in [-0.1, -0.05) is 36.8 Å². The fourth-order valence-corrected chi connectivity index (χ4v) is 3.92. The molecule has 0 radical (unpaired) electrons. The van der Waals surface area contributed by atoms with Crippen LogP contribution in [-0.4, -0.2) is 23.2 Å². The van der Waals surface area contributed by atoms with Crippen molar-refractivity contribution in [2.24, 2.45) is 0 Å². The molecule has 0 saturated heterocycles. The van der Waals surface area contributed by atoms with Crippen LogP contribution in [0.2, 0.25) is 0 Å². The first kappa shape index (κ1) is 29.9. The van der Waals surface area contributed by atoms with E-state index in [1.807, 2.05) is 0 Å². The maximum atomic E-state index is 13.6. The van der Waals surface area contributed by atoms with E-state index < -0.39 is 63.8 Å². The summed E-state index contributed by atoms with van der Waals surface area (Å²) in [6.07, 6.45) is -17.3. The number of aryl methyl sites for hydroxylation is 1. The van der Waals surface area contributed by atoms with Gasteiger partial charge in [0.15, 0.2) is 12.0 Å². The second-order valence-corrected chi connectivity index (χ2v) is 9.07. The van der Waals surface area contributed by atoms with E-state index in [1.165, 1.54) is 31.2 Å². The van der Waals surface area contributed by atoms with Crippen LogP contribution in [0.3, 0.4) is 0 Å². The Kier molecular flexibility index (Phi) is 7.81. The van der Waals surface area contributed by atoms with Crippen molar-refractivity contribution in [1.29, 1.82) is 0 Å². The molecular weight excluding hydrogens is 545 g/mol. The Bertz CT molecular complexity index is 1350. The Labute approximate surface area is 215 Å². The molecule has 13 heteroatoms. The number of carbonyl (C=O) groups excluding carboxylic acids is 1. The van der Waals surface area contributed by atoms with Gasteiger partial charge in [0, 0.05) is 29.2 Å². The van der Waals surface area contributed by atoms with Gasteiger partial charge in [-0.05, 0) is 48.2 Å². The normalized spacial score (nSPS) is 13.8. The maximum Gasteiger partial charge on any atom is 0.478 e. The molecule has 0 unspecified atom stereocenters. The van der Waals surface area contributed by atoms with E-state index in [2.05, 4.69) is 0 Å². The van der Waals surface area contributed by atoms with Gasteiger partial charge >= 0.3 is 18.5 Å². The van der Waals surface area contributed by atoms with Crippen molar-refractivity contribution >= 4 is 5.78 Å². The minimum Gasteiger partial charge on any atom is -0.618 e. The van der Waals surface area contributed by atoms with Gasteiger partial charge in [0.05, 0.1) is 0 Å². The van der Waals surface area contributed by atoms with Gasteiger partial charge in [-0.2, -0.15) is 44.2 Å². The lowest BCUT2D eigenvalue weighted by Gasteiger charge is -2.33. The molecule has 2 aromatic carbocycles. The molecule has 39 heavy (non-hydrogen) atoms. The number of hydrogen-bond donors (Lipinski definition) is 1. The minimum atomic E-state index is -6.20. The number of carbonyl (C=O) groups is 1. The first-order valence-electron chi connectivity index (χ1n) is 11.2. The molecule has 3 aromatic rings. The molecule has 4 nitrogen and oxygen atoms in total. The Morgan fingerprint density at radius 2 is 1.44 bits per heavy atom. The summed E-state index contributed by atoms with van der Waals surface area (Å²) >= 11 is 0. The molecule has 0 saturated carbocycles. The Morgan fingerprint density at radius 3 is 1.92 bits per heavy atom. The van der Waals surface area contributed by atoms with Crippen LogP contribution >= 0.6 is 0 Å². The number of rotatable bonds is 6. The highest BCUT2D eigenvalue weighted by atomic mass is 19.4. The Balaban J connectivity index is 2.09. The zero-order chi connectivity index (χ0) is 29.6. The van der Waals surface area contributed by atoms with Crippen LogP contribution in [0, 0.1) is 12.1 Å². The standard InChI is InChI=1S/C26H20F9NO3/c1-14-3-5-16(6-4-14)18-10-19(12-20(11-18)23(38,25(30,31)32)26(33,34)35)21(37)9-15(2)17-7-8-22(24(27,28)29)36(39)13-17/h3-8,10-13,15,38H,9H2,1-2H3/t15-/m0/s1. The fourth-order valence-electron chi connectivity index (χ4n) is 3.92. The highest BCUT2D eigenvalue weighted by Gasteiger charge is 2.71. The Morgan fingerprint density at radius 1 is 0.872 bits per heavy atom. The summed E-state index contributed by atoms with van der Waals surface area (Å²) in [5.41, 5.74) is -8.42. The van der Waals surface area contributed by atoms with Gasteiger partial charge in [-0.3, -0.25) is 4.79 Å². The average molecular weight is 565 g/mol. The molecule has 1 N–H and O–H groups in total. The quantitative estimate of drug-likeness (QED) is 0.152. The number of hydrogen-bond acceptors (Lipinski definition) is 3. The molecule has 210 valence electrons. The lowest BCUT2D eigenvalue weighted by atomic mass is 9.86. The number of pyridine rings is 1. The third-order valence-corrected chi connectivity index (χ3v) is 6.17. The van der Waals surface area contributed by atoms with E-state index >= 15 is 0 Å². The highest BCUT2D eigenvalue weighted by molar-refractivity contribution is 5.98. The van der Waals surface area contributed by atoms with Gasteiger partial charge in [-0.25, -0.2) is 0 Å². The number of halogens is 9. The summed E-state index contributed by atoms with van der Waals surface area (Å²) in [5.74, 6) is -1.92. The van der Waals surface area contributed by atoms with Crippen LogP contribution in [0.1, 0.15) is 52.0 Å². The van der Waals surface area contributed by atoms with Gasteiger partial charge < -0.3 is 10.3 Å². The summed E-state index contributed by atoms with van der Waals surface area (Å²) < 4.78 is 120.